The van der Waals surface area contributed by atoms with Crippen molar-refractivity contribution < 1.29 is 9.90 Å². The number of phenolic OH excluding ortho intramolecular Hbond substituents is 1. The summed E-state index contributed by atoms with van der Waals surface area (Å²) in [5.41, 5.74) is 3.31. The largest absolute Gasteiger partial charge is 0.508 e. The SMILES string of the molecule is O=C(Cc1cccc(O)c1)N1Cc2ccccc2C1. The number of benzene rings is 2. The first-order chi connectivity index (χ1) is 9.22. The molecular weight excluding hydrogens is 238 g/mol. The fourth-order valence-corrected chi connectivity index (χ4v) is 2.46. The first-order valence-corrected chi connectivity index (χ1v) is 6.35. The molecule has 96 valence electrons. The zero-order chi connectivity index (χ0) is 13.2. The molecule has 0 atom stereocenters. The molecule has 3 rings (SSSR count). The van der Waals surface area contributed by atoms with Crippen LogP contribution in [0.2, 0.25) is 0 Å². The molecule has 0 spiro atoms. The summed E-state index contributed by atoms with van der Waals surface area (Å²) in [5, 5.41) is 9.41. The molecule has 1 heterocycles. The summed E-state index contributed by atoms with van der Waals surface area (Å²) in [6, 6.07) is 15.0. The van der Waals surface area contributed by atoms with Crippen molar-refractivity contribution in [3.8, 4) is 5.75 Å². The quantitative estimate of drug-likeness (QED) is 0.893. The molecule has 0 bridgehead atoms. The van der Waals surface area contributed by atoms with E-state index in [0.717, 1.165) is 5.56 Å². The molecule has 2 aromatic rings. The van der Waals surface area contributed by atoms with Gasteiger partial charge in [0.15, 0.2) is 0 Å². The van der Waals surface area contributed by atoms with Gasteiger partial charge in [-0.25, -0.2) is 0 Å². The van der Waals surface area contributed by atoms with Gasteiger partial charge in [0.05, 0.1) is 6.42 Å². The van der Waals surface area contributed by atoms with Crippen LogP contribution in [0.4, 0.5) is 0 Å². The number of hydrogen-bond donors (Lipinski definition) is 1. The van der Waals surface area contributed by atoms with Crippen molar-refractivity contribution in [1.29, 1.82) is 0 Å². The molecule has 2 aromatic carbocycles. The zero-order valence-corrected chi connectivity index (χ0v) is 10.5. The zero-order valence-electron chi connectivity index (χ0n) is 10.5. The van der Waals surface area contributed by atoms with Gasteiger partial charge in [-0.2, -0.15) is 0 Å². The number of fused-ring (bicyclic) bond motifs is 1. The second-order valence-electron chi connectivity index (χ2n) is 4.87. The van der Waals surface area contributed by atoms with Crippen molar-refractivity contribution in [2.24, 2.45) is 0 Å². The van der Waals surface area contributed by atoms with Gasteiger partial charge in [0.1, 0.15) is 5.75 Å². The maximum Gasteiger partial charge on any atom is 0.227 e. The highest BCUT2D eigenvalue weighted by Gasteiger charge is 2.22. The normalized spacial score (nSPS) is 13.4. The van der Waals surface area contributed by atoms with Crippen LogP contribution in [0.25, 0.3) is 0 Å². The molecule has 0 radical (unpaired) electrons. The lowest BCUT2D eigenvalue weighted by Crippen LogP contribution is -2.26. The molecule has 1 amide bonds. The molecule has 3 nitrogen and oxygen atoms in total. The van der Waals surface area contributed by atoms with E-state index in [4.69, 9.17) is 0 Å². The summed E-state index contributed by atoms with van der Waals surface area (Å²) in [5.74, 6) is 0.303. The Morgan fingerprint density at radius 2 is 1.74 bits per heavy atom. The molecule has 1 aliphatic rings. The Morgan fingerprint density at radius 3 is 2.37 bits per heavy atom. The molecule has 1 aliphatic heterocycles. The summed E-state index contributed by atoms with van der Waals surface area (Å²) in [6.07, 6.45) is 0.336. The fraction of sp³-hybridized carbons (Fsp3) is 0.188. The Labute approximate surface area is 112 Å². The highest BCUT2D eigenvalue weighted by Crippen LogP contribution is 2.23. The van der Waals surface area contributed by atoms with Crippen LogP contribution in [0.15, 0.2) is 48.5 Å². The van der Waals surface area contributed by atoms with Crippen LogP contribution in [-0.2, 0) is 24.3 Å². The van der Waals surface area contributed by atoms with Crippen molar-refractivity contribution in [3.63, 3.8) is 0 Å². The van der Waals surface area contributed by atoms with E-state index < -0.39 is 0 Å². The summed E-state index contributed by atoms with van der Waals surface area (Å²) in [6.45, 7) is 1.38. The van der Waals surface area contributed by atoms with E-state index in [-0.39, 0.29) is 11.7 Å². The molecule has 0 aliphatic carbocycles. The number of amides is 1. The van der Waals surface area contributed by atoms with Gasteiger partial charge in [-0.3, -0.25) is 4.79 Å². The molecule has 0 saturated heterocycles. The number of aromatic hydroxyl groups is 1. The van der Waals surface area contributed by atoms with Crippen molar-refractivity contribution in [2.45, 2.75) is 19.5 Å². The lowest BCUT2D eigenvalue weighted by atomic mass is 10.1. The molecule has 1 N–H and O–H groups in total. The third-order valence-corrected chi connectivity index (χ3v) is 3.46. The summed E-state index contributed by atoms with van der Waals surface area (Å²) in [4.78, 5) is 14.1. The lowest BCUT2D eigenvalue weighted by molar-refractivity contribution is -0.131. The van der Waals surface area contributed by atoms with Gasteiger partial charge in [0, 0.05) is 13.1 Å². The van der Waals surface area contributed by atoms with Crippen LogP contribution in [0.1, 0.15) is 16.7 Å². The van der Waals surface area contributed by atoms with Crippen molar-refractivity contribution >= 4 is 5.91 Å². The maximum atomic E-state index is 12.2. The van der Waals surface area contributed by atoms with Crippen LogP contribution in [0, 0.1) is 0 Å². The van der Waals surface area contributed by atoms with Crippen LogP contribution in [0.3, 0.4) is 0 Å². The number of hydrogen-bond acceptors (Lipinski definition) is 2. The highest BCUT2D eigenvalue weighted by molar-refractivity contribution is 5.79. The van der Waals surface area contributed by atoms with Gasteiger partial charge in [-0.1, -0.05) is 36.4 Å². The van der Waals surface area contributed by atoms with Crippen molar-refractivity contribution in [3.05, 3.63) is 65.2 Å². The standard InChI is InChI=1S/C16H15NO2/c18-15-7-3-4-12(8-15)9-16(19)17-10-13-5-1-2-6-14(13)11-17/h1-8,18H,9-11H2. The number of nitrogens with zero attached hydrogens (tertiary/aromatic N) is 1. The van der Waals surface area contributed by atoms with Gasteiger partial charge in [-0.05, 0) is 28.8 Å². The molecule has 0 saturated carbocycles. The Morgan fingerprint density at radius 1 is 1.05 bits per heavy atom. The fourth-order valence-electron chi connectivity index (χ4n) is 2.46. The Balaban J connectivity index is 1.70. The second kappa shape index (κ2) is 4.76. The van der Waals surface area contributed by atoms with E-state index in [9.17, 15) is 9.90 Å². The topological polar surface area (TPSA) is 40.5 Å². The first-order valence-electron chi connectivity index (χ1n) is 6.35. The molecule has 19 heavy (non-hydrogen) atoms. The summed E-state index contributed by atoms with van der Waals surface area (Å²) < 4.78 is 0. The average Bonchev–Trinajstić information content (AvgIpc) is 2.82. The number of phenols is 1. The van der Waals surface area contributed by atoms with Gasteiger partial charge >= 0.3 is 0 Å². The van der Waals surface area contributed by atoms with Crippen molar-refractivity contribution in [2.75, 3.05) is 0 Å². The van der Waals surface area contributed by atoms with E-state index in [2.05, 4.69) is 12.1 Å². The van der Waals surface area contributed by atoms with Crippen LogP contribution in [-0.4, -0.2) is 15.9 Å². The monoisotopic (exact) mass is 253 g/mol. The van der Waals surface area contributed by atoms with E-state index in [1.54, 1.807) is 18.2 Å². The summed E-state index contributed by atoms with van der Waals surface area (Å²) in [7, 11) is 0. The third-order valence-electron chi connectivity index (χ3n) is 3.46. The Bertz CT molecular complexity index is 597. The lowest BCUT2D eigenvalue weighted by Gasteiger charge is -2.15. The van der Waals surface area contributed by atoms with Crippen LogP contribution in [0.5, 0.6) is 5.75 Å². The molecule has 3 heteroatoms. The molecule has 0 aromatic heterocycles. The van der Waals surface area contributed by atoms with E-state index in [1.165, 1.54) is 11.1 Å². The first kappa shape index (κ1) is 11.8. The highest BCUT2D eigenvalue weighted by atomic mass is 16.3. The minimum atomic E-state index is 0.0989. The molecular formula is C16H15NO2. The summed E-state index contributed by atoms with van der Waals surface area (Å²) >= 11 is 0. The van der Waals surface area contributed by atoms with Gasteiger partial charge < -0.3 is 10.0 Å². The Hall–Kier alpha value is -2.29. The average molecular weight is 253 g/mol. The minimum Gasteiger partial charge on any atom is -0.508 e. The van der Waals surface area contributed by atoms with E-state index in [0.29, 0.717) is 19.5 Å². The second-order valence-corrected chi connectivity index (χ2v) is 4.87. The smallest absolute Gasteiger partial charge is 0.227 e. The number of rotatable bonds is 2. The number of carbonyl (C=O) groups excluding carboxylic acids is 1. The number of carbonyl (C=O) groups is 1. The van der Waals surface area contributed by atoms with Gasteiger partial charge in [0.25, 0.3) is 0 Å². The predicted octanol–water partition coefficient (Wildman–Crippen LogP) is 2.48. The Kier molecular flexibility index (Phi) is 2.95. The van der Waals surface area contributed by atoms with Crippen LogP contribution >= 0.6 is 0 Å². The van der Waals surface area contributed by atoms with E-state index >= 15 is 0 Å². The third kappa shape index (κ3) is 2.45. The van der Waals surface area contributed by atoms with Crippen LogP contribution < -0.4 is 0 Å². The van der Waals surface area contributed by atoms with E-state index in [1.807, 2.05) is 23.1 Å². The predicted molar refractivity (Wildman–Crippen MR) is 72.5 cm³/mol. The van der Waals surface area contributed by atoms with Gasteiger partial charge in [-0.15, -0.1) is 0 Å². The maximum absolute atomic E-state index is 12.2. The molecule has 0 fully saturated rings. The van der Waals surface area contributed by atoms with Crippen molar-refractivity contribution in [1.82, 2.24) is 4.90 Å². The minimum absolute atomic E-state index is 0.0989. The van der Waals surface area contributed by atoms with Gasteiger partial charge in [0.2, 0.25) is 5.91 Å². The molecule has 0 unspecified atom stereocenters.